The Balaban J connectivity index is 2.31. The van der Waals surface area contributed by atoms with Crippen LogP contribution in [0.1, 0.15) is 12.8 Å². The van der Waals surface area contributed by atoms with E-state index in [0.717, 1.165) is 18.7 Å². The molecular formula is C12H18N2O3. The van der Waals surface area contributed by atoms with E-state index < -0.39 is 5.97 Å². The summed E-state index contributed by atoms with van der Waals surface area (Å²) in [6.07, 6.45) is 0.938. The van der Waals surface area contributed by atoms with Gasteiger partial charge < -0.3 is 20.9 Å². The van der Waals surface area contributed by atoms with E-state index in [1.165, 1.54) is 0 Å². The molecule has 0 aliphatic carbocycles. The predicted octanol–water partition coefficient (Wildman–Crippen LogP) is 1.30. The van der Waals surface area contributed by atoms with Crippen LogP contribution in [0.2, 0.25) is 0 Å². The van der Waals surface area contributed by atoms with Gasteiger partial charge in [-0.3, -0.25) is 4.79 Å². The van der Waals surface area contributed by atoms with Crippen LogP contribution in [0, 0.1) is 0 Å². The maximum absolute atomic E-state index is 10.3. The topological polar surface area (TPSA) is 84.6 Å². The lowest BCUT2D eigenvalue weighted by molar-refractivity contribution is -0.137. The highest BCUT2D eigenvalue weighted by Crippen LogP contribution is 2.15. The van der Waals surface area contributed by atoms with Crippen molar-refractivity contribution in [3.8, 4) is 5.75 Å². The minimum absolute atomic E-state index is 0.0104. The van der Waals surface area contributed by atoms with Gasteiger partial charge in [0.25, 0.3) is 0 Å². The van der Waals surface area contributed by atoms with Crippen LogP contribution in [0.25, 0.3) is 0 Å². The van der Waals surface area contributed by atoms with Crippen molar-refractivity contribution in [3.63, 3.8) is 0 Å². The summed E-state index contributed by atoms with van der Waals surface area (Å²) < 4.78 is 5.27. The number of hydrogen-bond acceptors (Lipinski definition) is 4. The highest BCUT2D eigenvalue weighted by molar-refractivity contribution is 5.66. The Morgan fingerprint density at radius 3 is 2.65 bits per heavy atom. The van der Waals surface area contributed by atoms with Crippen LogP contribution >= 0.6 is 0 Å². The Hall–Kier alpha value is -1.75. The molecule has 0 aliphatic rings. The van der Waals surface area contributed by atoms with Crippen LogP contribution in [0.3, 0.4) is 0 Å². The van der Waals surface area contributed by atoms with E-state index in [2.05, 4.69) is 5.32 Å². The van der Waals surface area contributed by atoms with Crippen LogP contribution in [0.5, 0.6) is 5.75 Å². The first-order valence-corrected chi connectivity index (χ1v) is 5.61. The number of hydrogen-bond donors (Lipinski definition) is 3. The van der Waals surface area contributed by atoms with E-state index in [-0.39, 0.29) is 13.0 Å². The van der Waals surface area contributed by atoms with Gasteiger partial charge in [0, 0.05) is 12.2 Å². The molecule has 5 nitrogen and oxygen atoms in total. The summed E-state index contributed by atoms with van der Waals surface area (Å²) in [6.45, 7) is 1.70. The summed E-state index contributed by atoms with van der Waals surface area (Å²) in [5, 5.41) is 11.7. The van der Waals surface area contributed by atoms with Crippen molar-refractivity contribution in [1.29, 1.82) is 0 Å². The van der Waals surface area contributed by atoms with Gasteiger partial charge in [-0.25, -0.2) is 0 Å². The van der Waals surface area contributed by atoms with Gasteiger partial charge in [-0.2, -0.15) is 0 Å². The van der Waals surface area contributed by atoms with Crippen LogP contribution in [0.15, 0.2) is 24.3 Å². The summed E-state index contributed by atoms with van der Waals surface area (Å²) in [5.74, 6) is -0.180. The fraction of sp³-hybridized carbons (Fsp3) is 0.417. The van der Waals surface area contributed by atoms with Crippen molar-refractivity contribution in [2.45, 2.75) is 12.8 Å². The third kappa shape index (κ3) is 5.77. The SMILES string of the molecule is NCCCNc1ccc(OCCC(=O)O)cc1. The van der Waals surface area contributed by atoms with Crippen molar-refractivity contribution < 1.29 is 14.6 Å². The fourth-order valence-corrected chi connectivity index (χ4v) is 1.26. The molecule has 0 aliphatic heterocycles. The van der Waals surface area contributed by atoms with Gasteiger partial charge in [0.2, 0.25) is 0 Å². The van der Waals surface area contributed by atoms with E-state index in [1.807, 2.05) is 24.3 Å². The number of nitrogens with two attached hydrogens (primary N) is 1. The van der Waals surface area contributed by atoms with Crippen LogP contribution in [-0.2, 0) is 4.79 Å². The Labute approximate surface area is 101 Å². The molecule has 0 amide bonds. The molecule has 0 aromatic heterocycles. The molecule has 5 heteroatoms. The van der Waals surface area contributed by atoms with Gasteiger partial charge >= 0.3 is 5.97 Å². The van der Waals surface area contributed by atoms with E-state index in [1.54, 1.807) is 0 Å². The number of rotatable bonds is 8. The molecule has 0 spiro atoms. The van der Waals surface area contributed by atoms with Crippen molar-refractivity contribution in [1.82, 2.24) is 0 Å². The number of aliphatic carboxylic acids is 1. The van der Waals surface area contributed by atoms with Crippen LogP contribution in [-0.4, -0.2) is 30.8 Å². The van der Waals surface area contributed by atoms with Crippen molar-refractivity contribution in [2.75, 3.05) is 25.0 Å². The second-order valence-electron chi connectivity index (χ2n) is 3.59. The molecule has 0 fully saturated rings. The van der Waals surface area contributed by atoms with Gasteiger partial charge in [-0.15, -0.1) is 0 Å². The summed E-state index contributed by atoms with van der Waals surface area (Å²) >= 11 is 0. The molecule has 0 radical (unpaired) electrons. The number of ether oxygens (including phenoxy) is 1. The molecule has 0 heterocycles. The average Bonchev–Trinajstić information content (AvgIpc) is 2.31. The van der Waals surface area contributed by atoms with Gasteiger partial charge in [0.05, 0.1) is 13.0 Å². The Bertz CT molecular complexity index is 338. The van der Waals surface area contributed by atoms with E-state index in [4.69, 9.17) is 15.6 Å². The summed E-state index contributed by atoms with van der Waals surface area (Å²) in [7, 11) is 0. The predicted molar refractivity (Wildman–Crippen MR) is 66.4 cm³/mol. The molecule has 0 unspecified atom stereocenters. The van der Waals surface area contributed by atoms with Crippen molar-refractivity contribution in [3.05, 3.63) is 24.3 Å². The van der Waals surface area contributed by atoms with Gasteiger partial charge in [-0.1, -0.05) is 0 Å². The van der Waals surface area contributed by atoms with Gasteiger partial charge in [-0.05, 0) is 37.2 Å². The quantitative estimate of drug-likeness (QED) is 0.594. The van der Waals surface area contributed by atoms with Crippen LogP contribution < -0.4 is 15.8 Å². The molecule has 94 valence electrons. The number of carboxylic acid groups (broad SMARTS) is 1. The molecule has 1 aromatic rings. The number of anilines is 1. The Morgan fingerprint density at radius 2 is 2.06 bits per heavy atom. The average molecular weight is 238 g/mol. The number of carbonyl (C=O) groups is 1. The van der Waals surface area contributed by atoms with Crippen molar-refractivity contribution in [2.24, 2.45) is 5.73 Å². The first-order valence-electron chi connectivity index (χ1n) is 5.61. The number of carboxylic acids is 1. The molecule has 1 rings (SSSR count). The first kappa shape index (κ1) is 13.3. The molecule has 0 saturated carbocycles. The smallest absolute Gasteiger partial charge is 0.306 e. The van der Waals surface area contributed by atoms with E-state index >= 15 is 0 Å². The maximum atomic E-state index is 10.3. The third-order valence-corrected chi connectivity index (χ3v) is 2.15. The summed E-state index contributed by atoms with van der Waals surface area (Å²) in [5.41, 5.74) is 6.39. The lowest BCUT2D eigenvalue weighted by Gasteiger charge is -2.07. The number of benzene rings is 1. The molecule has 0 bridgehead atoms. The molecule has 1 aromatic carbocycles. The zero-order chi connectivity index (χ0) is 12.5. The van der Waals surface area contributed by atoms with E-state index in [9.17, 15) is 4.79 Å². The zero-order valence-electron chi connectivity index (χ0n) is 9.69. The Morgan fingerprint density at radius 1 is 1.35 bits per heavy atom. The highest BCUT2D eigenvalue weighted by atomic mass is 16.5. The largest absolute Gasteiger partial charge is 0.493 e. The molecule has 0 saturated heterocycles. The van der Waals surface area contributed by atoms with Gasteiger partial charge in [0.1, 0.15) is 5.75 Å². The maximum Gasteiger partial charge on any atom is 0.306 e. The normalized spacial score (nSPS) is 9.94. The minimum atomic E-state index is -0.856. The van der Waals surface area contributed by atoms with Crippen LogP contribution in [0.4, 0.5) is 5.69 Å². The second-order valence-corrected chi connectivity index (χ2v) is 3.59. The first-order chi connectivity index (χ1) is 8.22. The molecule has 4 N–H and O–H groups in total. The molecular weight excluding hydrogens is 220 g/mol. The highest BCUT2D eigenvalue weighted by Gasteiger charge is 1.98. The van der Waals surface area contributed by atoms with Gasteiger partial charge in [0.15, 0.2) is 0 Å². The van der Waals surface area contributed by atoms with Crippen molar-refractivity contribution >= 4 is 11.7 Å². The monoisotopic (exact) mass is 238 g/mol. The number of nitrogens with one attached hydrogen (secondary N) is 1. The molecule has 17 heavy (non-hydrogen) atoms. The zero-order valence-corrected chi connectivity index (χ0v) is 9.69. The standard InChI is InChI=1S/C12H18N2O3/c13-7-1-8-14-10-2-4-11(5-3-10)17-9-6-12(15)16/h2-5,14H,1,6-9,13H2,(H,15,16). The second kappa shape index (κ2) is 7.51. The lowest BCUT2D eigenvalue weighted by atomic mass is 10.3. The lowest BCUT2D eigenvalue weighted by Crippen LogP contribution is -2.08. The minimum Gasteiger partial charge on any atom is -0.493 e. The van der Waals surface area contributed by atoms with E-state index in [0.29, 0.717) is 12.3 Å². The molecule has 0 atom stereocenters. The fourth-order valence-electron chi connectivity index (χ4n) is 1.26. The third-order valence-electron chi connectivity index (χ3n) is 2.15. The Kier molecular flexibility index (Phi) is 5.88. The summed E-state index contributed by atoms with van der Waals surface area (Å²) in [4.78, 5) is 10.3. The summed E-state index contributed by atoms with van der Waals surface area (Å²) in [6, 6.07) is 7.42.